The first-order chi connectivity index (χ1) is 10.8. The Balaban J connectivity index is 1.59. The van der Waals surface area contributed by atoms with Crippen molar-refractivity contribution in [1.29, 1.82) is 0 Å². The summed E-state index contributed by atoms with van der Waals surface area (Å²) in [7, 11) is 1.81. The molecule has 0 atom stereocenters. The minimum Gasteiger partial charge on any atom is -0.447 e. The van der Waals surface area contributed by atoms with Crippen LogP contribution in [0.4, 0.5) is 5.69 Å². The number of hydrogen-bond donors (Lipinski definition) is 1. The molecule has 1 fully saturated rings. The van der Waals surface area contributed by atoms with Gasteiger partial charge in [-0.1, -0.05) is 18.2 Å². The van der Waals surface area contributed by atoms with E-state index in [0.29, 0.717) is 31.2 Å². The SMILES string of the molecule is CNCc1nc(C(=O)N2CCN(c3ccccc3)CC2)co1. The van der Waals surface area contributed by atoms with Crippen molar-refractivity contribution in [2.45, 2.75) is 6.54 Å². The van der Waals surface area contributed by atoms with Crippen molar-refractivity contribution in [3.8, 4) is 0 Å². The fraction of sp³-hybridized carbons (Fsp3) is 0.375. The Labute approximate surface area is 129 Å². The van der Waals surface area contributed by atoms with Crippen LogP contribution in [-0.2, 0) is 6.54 Å². The lowest BCUT2D eigenvalue weighted by Crippen LogP contribution is -2.48. The summed E-state index contributed by atoms with van der Waals surface area (Å²) in [6, 6.07) is 10.3. The Morgan fingerprint density at radius 3 is 2.64 bits per heavy atom. The molecule has 3 rings (SSSR count). The number of amides is 1. The molecule has 1 aliphatic rings. The highest BCUT2D eigenvalue weighted by molar-refractivity contribution is 5.92. The Bertz CT molecular complexity index is 618. The molecule has 0 unspecified atom stereocenters. The molecule has 2 aromatic rings. The topological polar surface area (TPSA) is 61.6 Å². The molecule has 0 saturated carbocycles. The van der Waals surface area contributed by atoms with Crippen LogP contribution in [0.1, 0.15) is 16.4 Å². The summed E-state index contributed by atoms with van der Waals surface area (Å²) < 4.78 is 5.28. The molecule has 6 heteroatoms. The monoisotopic (exact) mass is 300 g/mol. The molecule has 0 spiro atoms. The Morgan fingerprint density at radius 1 is 1.23 bits per heavy atom. The van der Waals surface area contributed by atoms with Crippen molar-refractivity contribution in [1.82, 2.24) is 15.2 Å². The van der Waals surface area contributed by atoms with Gasteiger partial charge in [-0.3, -0.25) is 4.79 Å². The zero-order valence-electron chi connectivity index (χ0n) is 12.7. The van der Waals surface area contributed by atoms with Gasteiger partial charge in [0.2, 0.25) is 5.89 Å². The van der Waals surface area contributed by atoms with E-state index in [2.05, 4.69) is 27.3 Å². The van der Waals surface area contributed by atoms with Crippen LogP contribution in [0.15, 0.2) is 41.0 Å². The molecule has 0 aliphatic carbocycles. The lowest BCUT2D eigenvalue weighted by Gasteiger charge is -2.35. The summed E-state index contributed by atoms with van der Waals surface area (Å²) in [4.78, 5) is 20.8. The highest BCUT2D eigenvalue weighted by Crippen LogP contribution is 2.16. The number of anilines is 1. The number of piperazine rings is 1. The molecule has 1 aromatic carbocycles. The zero-order valence-corrected chi connectivity index (χ0v) is 12.7. The molecule has 1 aliphatic heterocycles. The fourth-order valence-corrected chi connectivity index (χ4v) is 2.61. The third kappa shape index (κ3) is 3.12. The first-order valence-electron chi connectivity index (χ1n) is 7.46. The van der Waals surface area contributed by atoms with Crippen molar-refractivity contribution >= 4 is 11.6 Å². The number of para-hydroxylation sites is 1. The predicted molar refractivity (Wildman–Crippen MR) is 83.8 cm³/mol. The number of nitrogens with zero attached hydrogens (tertiary/aromatic N) is 3. The first-order valence-corrected chi connectivity index (χ1v) is 7.46. The van der Waals surface area contributed by atoms with Gasteiger partial charge in [0, 0.05) is 31.9 Å². The number of benzene rings is 1. The standard InChI is InChI=1S/C16H20N4O2/c1-17-11-15-18-14(12-22-15)16(21)20-9-7-19(8-10-20)13-5-3-2-4-6-13/h2-6,12,17H,7-11H2,1H3. The van der Waals surface area contributed by atoms with E-state index in [1.54, 1.807) is 0 Å². The molecule has 22 heavy (non-hydrogen) atoms. The van der Waals surface area contributed by atoms with Gasteiger partial charge in [-0.05, 0) is 19.2 Å². The van der Waals surface area contributed by atoms with Crippen LogP contribution in [0.25, 0.3) is 0 Å². The number of aromatic nitrogens is 1. The van der Waals surface area contributed by atoms with E-state index in [-0.39, 0.29) is 5.91 Å². The van der Waals surface area contributed by atoms with Gasteiger partial charge in [-0.15, -0.1) is 0 Å². The normalized spacial score (nSPS) is 15.1. The van der Waals surface area contributed by atoms with Crippen molar-refractivity contribution in [3.05, 3.63) is 48.2 Å². The maximum absolute atomic E-state index is 12.4. The summed E-state index contributed by atoms with van der Waals surface area (Å²) >= 11 is 0. The quantitative estimate of drug-likeness (QED) is 0.923. The lowest BCUT2D eigenvalue weighted by atomic mass is 10.2. The van der Waals surface area contributed by atoms with Gasteiger partial charge in [-0.2, -0.15) is 0 Å². The van der Waals surface area contributed by atoms with Crippen LogP contribution in [0.3, 0.4) is 0 Å². The molecule has 0 bridgehead atoms. The summed E-state index contributed by atoms with van der Waals surface area (Å²) in [5.74, 6) is 0.479. The van der Waals surface area contributed by atoms with E-state index in [1.807, 2.05) is 30.1 Å². The Morgan fingerprint density at radius 2 is 1.95 bits per heavy atom. The van der Waals surface area contributed by atoms with Crippen LogP contribution in [-0.4, -0.2) is 49.0 Å². The van der Waals surface area contributed by atoms with Crippen LogP contribution in [0, 0.1) is 0 Å². The number of carbonyl (C=O) groups is 1. The van der Waals surface area contributed by atoms with Crippen LogP contribution in [0.2, 0.25) is 0 Å². The fourth-order valence-electron chi connectivity index (χ4n) is 2.61. The van der Waals surface area contributed by atoms with E-state index in [0.717, 1.165) is 13.1 Å². The zero-order chi connectivity index (χ0) is 15.4. The van der Waals surface area contributed by atoms with Crippen LogP contribution < -0.4 is 10.2 Å². The second kappa shape index (κ2) is 6.62. The molecule has 2 heterocycles. The average molecular weight is 300 g/mol. The van der Waals surface area contributed by atoms with Gasteiger partial charge in [0.25, 0.3) is 5.91 Å². The van der Waals surface area contributed by atoms with Gasteiger partial charge in [0.15, 0.2) is 5.69 Å². The van der Waals surface area contributed by atoms with Gasteiger partial charge in [-0.25, -0.2) is 4.98 Å². The maximum Gasteiger partial charge on any atom is 0.275 e. The molecule has 1 amide bonds. The van der Waals surface area contributed by atoms with E-state index in [1.165, 1.54) is 12.0 Å². The highest BCUT2D eigenvalue weighted by atomic mass is 16.3. The number of carbonyl (C=O) groups excluding carboxylic acids is 1. The maximum atomic E-state index is 12.4. The van der Waals surface area contributed by atoms with Crippen molar-refractivity contribution in [3.63, 3.8) is 0 Å². The molecule has 0 radical (unpaired) electrons. The lowest BCUT2D eigenvalue weighted by molar-refractivity contribution is 0.0741. The summed E-state index contributed by atoms with van der Waals surface area (Å²) in [5.41, 5.74) is 1.59. The third-order valence-electron chi connectivity index (χ3n) is 3.79. The van der Waals surface area contributed by atoms with Crippen molar-refractivity contribution in [2.24, 2.45) is 0 Å². The van der Waals surface area contributed by atoms with Gasteiger partial charge < -0.3 is 19.5 Å². The molecule has 116 valence electrons. The van der Waals surface area contributed by atoms with Crippen molar-refractivity contribution in [2.75, 3.05) is 38.1 Å². The number of hydrogen-bond acceptors (Lipinski definition) is 5. The predicted octanol–water partition coefficient (Wildman–Crippen LogP) is 1.36. The number of nitrogens with one attached hydrogen (secondary N) is 1. The summed E-state index contributed by atoms with van der Waals surface area (Å²) in [6.45, 7) is 3.58. The molecule has 6 nitrogen and oxygen atoms in total. The molecule has 1 saturated heterocycles. The second-order valence-electron chi connectivity index (χ2n) is 5.27. The van der Waals surface area contributed by atoms with Crippen LogP contribution >= 0.6 is 0 Å². The average Bonchev–Trinajstić information content (AvgIpc) is 3.04. The second-order valence-corrected chi connectivity index (χ2v) is 5.27. The van der Waals surface area contributed by atoms with E-state index in [9.17, 15) is 4.79 Å². The largest absolute Gasteiger partial charge is 0.447 e. The summed E-state index contributed by atoms with van der Waals surface area (Å²) in [5, 5.41) is 2.95. The summed E-state index contributed by atoms with van der Waals surface area (Å²) in [6.07, 6.45) is 1.44. The van der Waals surface area contributed by atoms with Crippen LogP contribution in [0.5, 0.6) is 0 Å². The smallest absolute Gasteiger partial charge is 0.275 e. The van der Waals surface area contributed by atoms with Gasteiger partial charge >= 0.3 is 0 Å². The van der Waals surface area contributed by atoms with E-state index >= 15 is 0 Å². The van der Waals surface area contributed by atoms with E-state index in [4.69, 9.17) is 4.42 Å². The first kappa shape index (κ1) is 14.6. The Kier molecular flexibility index (Phi) is 4.39. The third-order valence-corrected chi connectivity index (χ3v) is 3.79. The molecular weight excluding hydrogens is 280 g/mol. The number of rotatable bonds is 4. The minimum atomic E-state index is -0.0567. The van der Waals surface area contributed by atoms with Crippen molar-refractivity contribution < 1.29 is 9.21 Å². The van der Waals surface area contributed by atoms with Gasteiger partial charge in [0.05, 0.1) is 6.54 Å². The minimum absolute atomic E-state index is 0.0567. The molecule has 1 aromatic heterocycles. The van der Waals surface area contributed by atoms with E-state index < -0.39 is 0 Å². The Hall–Kier alpha value is -2.34. The molecule has 1 N–H and O–H groups in total. The highest BCUT2D eigenvalue weighted by Gasteiger charge is 2.24. The molecular formula is C16H20N4O2. The number of oxazole rings is 1. The van der Waals surface area contributed by atoms with Gasteiger partial charge in [0.1, 0.15) is 6.26 Å².